The second-order valence-corrected chi connectivity index (χ2v) is 9.30. The SMILES string of the molecule is COc1ccc(N(CCC(=O)Nc2ccc(F)c(F)c2)S(=O)(=O)c2ccc(C)cc2C)cc1. The molecule has 0 fully saturated rings. The second kappa shape index (κ2) is 9.99. The van der Waals surface area contributed by atoms with Gasteiger partial charge in [-0.15, -0.1) is 0 Å². The number of hydrogen-bond donors (Lipinski definition) is 1. The number of nitrogens with zero attached hydrogens (tertiary/aromatic N) is 1. The molecule has 0 saturated heterocycles. The van der Waals surface area contributed by atoms with Gasteiger partial charge in [-0.05, 0) is 61.9 Å². The lowest BCUT2D eigenvalue weighted by atomic mass is 10.2. The predicted molar refractivity (Wildman–Crippen MR) is 123 cm³/mol. The minimum Gasteiger partial charge on any atom is -0.497 e. The molecule has 3 aromatic rings. The maximum absolute atomic E-state index is 13.5. The number of benzene rings is 3. The van der Waals surface area contributed by atoms with E-state index in [4.69, 9.17) is 4.74 Å². The molecule has 0 radical (unpaired) electrons. The number of halogens is 2. The Hall–Kier alpha value is -3.46. The Kier molecular flexibility index (Phi) is 7.33. The molecule has 0 atom stereocenters. The number of amides is 1. The molecular weight excluding hydrogens is 450 g/mol. The van der Waals surface area contributed by atoms with Gasteiger partial charge in [0.1, 0.15) is 5.75 Å². The molecule has 3 aromatic carbocycles. The molecule has 0 aliphatic heterocycles. The van der Waals surface area contributed by atoms with Gasteiger partial charge in [-0.25, -0.2) is 17.2 Å². The van der Waals surface area contributed by atoms with Crippen LogP contribution in [0.2, 0.25) is 0 Å². The molecule has 0 aliphatic carbocycles. The third-order valence-electron chi connectivity index (χ3n) is 5.00. The van der Waals surface area contributed by atoms with Gasteiger partial charge >= 0.3 is 0 Å². The molecular formula is C24H24F2N2O4S. The average Bonchev–Trinajstić information content (AvgIpc) is 2.76. The third kappa shape index (κ3) is 5.67. The van der Waals surface area contributed by atoms with Crippen molar-refractivity contribution in [3.63, 3.8) is 0 Å². The summed E-state index contributed by atoms with van der Waals surface area (Å²) in [6.07, 6.45) is -0.213. The van der Waals surface area contributed by atoms with Gasteiger partial charge in [0.25, 0.3) is 10.0 Å². The van der Waals surface area contributed by atoms with Crippen LogP contribution in [-0.2, 0) is 14.8 Å². The normalized spacial score (nSPS) is 11.2. The monoisotopic (exact) mass is 474 g/mol. The van der Waals surface area contributed by atoms with Crippen molar-refractivity contribution in [1.29, 1.82) is 0 Å². The first kappa shape index (κ1) is 24.2. The molecule has 1 amide bonds. The zero-order valence-corrected chi connectivity index (χ0v) is 19.2. The van der Waals surface area contributed by atoms with Crippen LogP contribution in [0.3, 0.4) is 0 Å². The second-order valence-electron chi connectivity index (χ2n) is 7.47. The molecule has 0 unspecified atom stereocenters. The number of aryl methyl sites for hydroxylation is 2. The van der Waals surface area contributed by atoms with Crippen LogP contribution in [0.4, 0.5) is 20.2 Å². The van der Waals surface area contributed by atoms with Crippen LogP contribution in [0.25, 0.3) is 0 Å². The fraction of sp³-hybridized carbons (Fsp3) is 0.208. The first-order chi connectivity index (χ1) is 15.6. The minimum absolute atomic E-state index is 0.0760. The molecule has 174 valence electrons. The Labute approximate surface area is 191 Å². The number of sulfonamides is 1. The summed E-state index contributed by atoms with van der Waals surface area (Å²) in [7, 11) is -2.50. The quantitative estimate of drug-likeness (QED) is 0.508. The number of carbonyl (C=O) groups is 1. The van der Waals surface area contributed by atoms with Gasteiger partial charge < -0.3 is 10.1 Å². The Morgan fingerprint density at radius 3 is 2.27 bits per heavy atom. The van der Waals surface area contributed by atoms with E-state index in [0.717, 1.165) is 22.0 Å². The lowest BCUT2D eigenvalue weighted by molar-refractivity contribution is -0.116. The van der Waals surface area contributed by atoms with Crippen molar-refractivity contribution < 1.29 is 26.7 Å². The number of methoxy groups -OCH3 is 1. The zero-order chi connectivity index (χ0) is 24.2. The number of nitrogens with one attached hydrogen (secondary N) is 1. The van der Waals surface area contributed by atoms with Crippen molar-refractivity contribution in [2.24, 2.45) is 0 Å². The highest BCUT2D eigenvalue weighted by Gasteiger charge is 2.27. The van der Waals surface area contributed by atoms with E-state index < -0.39 is 27.6 Å². The van der Waals surface area contributed by atoms with Crippen molar-refractivity contribution in [3.8, 4) is 5.75 Å². The molecule has 9 heteroatoms. The summed E-state index contributed by atoms with van der Waals surface area (Å²) in [5, 5.41) is 2.46. The summed E-state index contributed by atoms with van der Waals surface area (Å²) in [5.41, 5.74) is 1.94. The van der Waals surface area contributed by atoms with Crippen molar-refractivity contribution in [2.75, 3.05) is 23.3 Å². The Bertz CT molecular complexity index is 1260. The molecule has 0 aliphatic rings. The highest BCUT2D eigenvalue weighted by Crippen LogP contribution is 2.28. The summed E-state index contributed by atoms with van der Waals surface area (Å²) >= 11 is 0. The van der Waals surface area contributed by atoms with E-state index in [1.54, 1.807) is 43.3 Å². The van der Waals surface area contributed by atoms with Gasteiger partial charge in [-0.3, -0.25) is 9.10 Å². The fourth-order valence-electron chi connectivity index (χ4n) is 3.34. The highest BCUT2D eigenvalue weighted by atomic mass is 32.2. The molecule has 0 heterocycles. The number of anilines is 2. The van der Waals surface area contributed by atoms with Gasteiger partial charge in [0.15, 0.2) is 11.6 Å². The summed E-state index contributed by atoms with van der Waals surface area (Å²) in [5.74, 6) is -2.11. The first-order valence-electron chi connectivity index (χ1n) is 10.1. The molecule has 6 nitrogen and oxygen atoms in total. The summed E-state index contributed by atoms with van der Waals surface area (Å²) in [6.45, 7) is 3.41. The van der Waals surface area contributed by atoms with E-state index in [1.165, 1.54) is 19.2 Å². The van der Waals surface area contributed by atoms with Gasteiger partial charge in [0.2, 0.25) is 5.91 Å². The molecule has 0 saturated carbocycles. The van der Waals surface area contributed by atoms with Gasteiger partial charge in [0.05, 0.1) is 17.7 Å². The summed E-state index contributed by atoms with van der Waals surface area (Å²) in [6, 6.07) is 14.4. The predicted octanol–water partition coefficient (Wildman–Crippen LogP) is 4.81. The van der Waals surface area contributed by atoms with Crippen LogP contribution >= 0.6 is 0 Å². The highest BCUT2D eigenvalue weighted by molar-refractivity contribution is 7.92. The van der Waals surface area contributed by atoms with Crippen LogP contribution in [0.15, 0.2) is 65.6 Å². The van der Waals surface area contributed by atoms with Crippen molar-refractivity contribution in [3.05, 3.63) is 83.4 Å². The smallest absolute Gasteiger partial charge is 0.264 e. The number of rotatable bonds is 8. The van der Waals surface area contributed by atoms with Crippen molar-refractivity contribution in [2.45, 2.75) is 25.2 Å². The lowest BCUT2D eigenvalue weighted by Crippen LogP contribution is -2.34. The maximum Gasteiger partial charge on any atom is 0.264 e. The molecule has 0 aromatic heterocycles. The van der Waals surface area contributed by atoms with Gasteiger partial charge in [-0.2, -0.15) is 0 Å². The number of ether oxygens (including phenoxy) is 1. The third-order valence-corrected chi connectivity index (χ3v) is 6.99. The van der Waals surface area contributed by atoms with Crippen LogP contribution in [0.1, 0.15) is 17.5 Å². The molecule has 1 N–H and O–H groups in total. The van der Waals surface area contributed by atoms with Crippen LogP contribution in [0.5, 0.6) is 5.75 Å². The molecule has 33 heavy (non-hydrogen) atoms. The van der Waals surface area contributed by atoms with Crippen molar-refractivity contribution >= 4 is 27.3 Å². The summed E-state index contributed by atoms with van der Waals surface area (Å²) in [4.78, 5) is 12.6. The number of carbonyl (C=O) groups excluding carboxylic acids is 1. The maximum atomic E-state index is 13.5. The number of hydrogen-bond acceptors (Lipinski definition) is 4. The zero-order valence-electron chi connectivity index (χ0n) is 18.4. The fourth-order valence-corrected chi connectivity index (χ4v) is 5.02. The molecule has 0 bridgehead atoms. The van der Waals surface area contributed by atoms with E-state index in [0.29, 0.717) is 17.0 Å². The van der Waals surface area contributed by atoms with Crippen molar-refractivity contribution in [1.82, 2.24) is 0 Å². The van der Waals surface area contributed by atoms with Crippen LogP contribution in [-0.4, -0.2) is 28.0 Å². The first-order valence-corrected chi connectivity index (χ1v) is 11.5. The Morgan fingerprint density at radius 1 is 0.970 bits per heavy atom. The lowest BCUT2D eigenvalue weighted by Gasteiger charge is -2.25. The van der Waals surface area contributed by atoms with E-state index in [1.807, 2.05) is 6.92 Å². The van der Waals surface area contributed by atoms with Gasteiger partial charge in [0, 0.05) is 24.7 Å². The molecule has 0 spiro atoms. The minimum atomic E-state index is -4.00. The van der Waals surface area contributed by atoms with E-state index in [-0.39, 0.29) is 23.5 Å². The average molecular weight is 475 g/mol. The van der Waals surface area contributed by atoms with E-state index in [9.17, 15) is 22.0 Å². The Morgan fingerprint density at radius 2 is 1.67 bits per heavy atom. The topological polar surface area (TPSA) is 75.7 Å². The summed E-state index contributed by atoms with van der Waals surface area (Å²) < 4.78 is 59.9. The molecule has 3 rings (SSSR count). The van der Waals surface area contributed by atoms with Gasteiger partial charge in [-0.1, -0.05) is 17.7 Å². The van der Waals surface area contributed by atoms with Crippen LogP contribution in [0, 0.1) is 25.5 Å². The Balaban J connectivity index is 1.88. The van der Waals surface area contributed by atoms with E-state index >= 15 is 0 Å². The largest absolute Gasteiger partial charge is 0.497 e. The standard InChI is InChI=1S/C24H24F2N2O4S/c1-16-4-11-23(17(2)14-16)33(30,31)28(19-6-8-20(32-3)9-7-19)13-12-24(29)27-18-5-10-21(25)22(26)15-18/h4-11,14-15H,12-13H2,1-3H3,(H,27,29). The van der Waals surface area contributed by atoms with E-state index in [2.05, 4.69) is 5.32 Å². The van der Waals surface area contributed by atoms with Crippen LogP contribution < -0.4 is 14.4 Å².